The van der Waals surface area contributed by atoms with Crippen molar-refractivity contribution in [1.29, 1.82) is 0 Å². The van der Waals surface area contributed by atoms with Crippen molar-refractivity contribution in [3.63, 3.8) is 0 Å². The molecular weight excluding hydrogens is 500 g/mol. The maximum absolute atomic E-state index is 12.2. The fourth-order valence-corrected chi connectivity index (χ4v) is 6.11. The Labute approximate surface area is 224 Å². The molecule has 0 aromatic heterocycles. The minimum Gasteiger partial charge on any atom is -0.481 e. The molecule has 8 heteroatoms. The molecular formula is C30H35N2O5S+. The Kier molecular flexibility index (Phi) is 8.16. The first kappa shape index (κ1) is 27.7. The van der Waals surface area contributed by atoms with E-state index in [0.717, 1.165) is 59.3 Å². The van der Waals surface area contributed by atoms with Crippen LogP contribution in [0.15, 0.2) is 76.2 Å². The molecule has 0 saturated heterocycles. The maximum Gasteiger partial charge on any atom is 0.303 e. The third-order valence-corrected chi connectivity index (χ3v) is 8.26. The van der Waals surface area contributed by atoms with Gasteiger partial charge in [-0.1, -0.05) is 43.7 Å². The average Bonchev–Trinajstić information content (AvgIpc) is 3.09. The Morgan fingerprint density at radius 2 is 1.66 bits per heavy atom. The summed E-state index contributed by atoms with van der Waals surface area (Å²) in [5.41, 5.74) is 6.37. The van der Waals surface area contributed by atoms with Crippen molar-refractivity contribution < 1.29 is 22.9 Å². The van der Waals surface area contributed by atoms with Crippen molar-refractivity contribution in [1.82, 2.24) is 4.48 Å². The van der Waals surface area contributed by atoms with Crippen molar-refractivity contribution in [2.75, 3.05) is 14.1 Å². The van der Waals surface area contributed by atoms with Gasteiger partial charge in [0.2, 0.25) is 0 Å². The fraction of sp³-hybridized carbons (Fsp3) is 0.333. The molecule has 0 unspecified atom stereocenters. The molecule has 3 aromatic carbocycles. The van der Waals surface area contributed by atoms with Crippen LogP contribution >= 0.6 is 0 Å². The highest BCUT2D eigenvalue weighted by Gasteiger charge is 2.40. The standard InChI is InChI=1S/C30H34N2O5S/c1-4-21(31-22-12-7-5-8-13-22)20-27-25(14-9-6-10-17-29(33)34)30-24-15-11-16-28(38(35,36)37)23(24)18-19-26(30)32(27,2)3/h5,7-8,11-13,15-16,18-19H,4,6,9-10,14,17,20H2,1-3H3,(H-,33,34,35,36,37)/p+1. The molecule has 0 saturated carbocycles. The van der Waals surface area contributed by atoms with Gasteiger partial charge >= 0.3 is 5.97 Å². The molecule has 4 rings (SSSR count). The van der Waals surface area contributed by atoms with Gasteiger partial charge < -0.3 is 5.11 Å². The van der Waals surface area contributed by atoms with Crippen LogP contribution in [0.25, 0.3) is 16.3 Å². The van der Waals surface area contributed by atoms with Crippen molar-refractivity contribution >= 4 is 49.5 Å². The first-order valence-electron chi connectivity index (χ1n) is 13.0. The molecule has 3 aromatic rings. The molecule has 200 valence electrons. The lowest BCUT2D eigenvalue weighted by atomic mass is 9.93. The van der Waals surface area contributed by atoms with Crippen molar-refractivity contribution in [3.05, 3.63) is 71.9 Å². The number of benzene rings is 3. The van der Waals surface area contributed by atoms with E-state index in [-0.39, 0.29) is 11.3 Å². The number of hydrogen-bond donors (Lipinski definition) is 2. The van der Waals surface area contributed by atoms with Crippen LogP contribution in [0.1, 0.15) is 57.4 Å². The Morgan fingerprint density at radius 3 is 2.32 bits per heavy atom. The van der Waals surface area contributed by atoms with Crippen LogP contribution in [0.3, 0.4) is 0 Å². The second-order valence-electron chi connectivity index (χ2n) is 10.2. The van der Waals surface area contributed by atoms with Gasteiger partial charge in [0.15, 0.2) is 0 Å². The van der Waals surface area contributed by atoms with Gasteiger partial charge in [0, 0.05) is 29.2 Å². The highest BCUT2D eigenvalue weighted by Crippen LogP contribution is 2.50. The lowest BCUT2D eigenvalue weighted by Gasteiger charge is -2.28. The van der Waals surface area contributed by atoms with E-state index in [1.807, 2.05) is 42.5 Å². The number of para-hydroxylation sites is 1. The summed E-state index contributed by atoms with van der Waals surface area (Å²) < 4.78 is 34.7. The normalized spacial score (nSPS) is 15.2. The van der Waals surface area contributed by atoms with Crippen molar-refractivity contribution in [3.8, 4) is 0 Å². The molecule has 1 aliphatic rings. The van der Waals surface area contributed by atoms with Crippen LogP contribution in [0.5, 0.6) is 0 Å². The molecule has 0 spiro atoms. The number of aliphatic imine (C=N–C) groups is 1. The SMILES string of the molecule is CCC(CC1=C(CCCCCC(=O)O)c2c(ccc3c(S(=O)(=O)O)cccc23)[N+]1(C)C)=Nc1ccccc1. The lowest BCUT2D eigenvalue weighted by molar-refractivity contribution is -0.137. The van der Waals surface area contributed by atoms with Crippen LogP contribution in [0.2, 0.25) is 0 Å². The zero-order chi connectivity index (χ0) is 27.5. The van der Waals surface area contributed by atoms with E-state index in [1.165, 1.54) is 11.8 Å². The van der Waals surface area contributed by atoms with Gasteiger partial charge in [0.05, 0.1) is 31.8 Å². The minimum absolute atomic E-state index is 0.0998. The summed E-state index contributed by atoms with van der Waals surface area (Å²) >= 11 is 0. The Hall–Kier alpha value is -3.33. The van der Waals surface area contributed by atoms with E-state index in [9.17, 15) is 17.8 Å². The molecule has 1 heterocycles. The second-order valence-corrected chi connectivity index (χ2v) is 11.6. The zero-order valence-corrected chi connectivity index (χ0v) is 23.0. The summed E-state index contributed by atoms with van der Waals surface area (Å²) in [6, 6.07) is 18.6. The van der Waals surface area contributed by atoms with Gasteiger partial charge in [-0.15, -0.1) is 0 Å². The number of allylic oxidation sites excluding steroid dienone is 2. The number of nitrogens with zero attached hydrogens (tertiary/aromatic N) is 2. The number of aliphatic carboxylic acids is 1. The summed E-state index contributed by atoms with van der Waals surface area (Å²) in [5, 5.41) is 10.3. The molecule has 0 bridgehead atoms. The monoisotopic (exact) mass is 535 g/mol. The topological polar surface area (TPSA) is 104 Å². The van der Waals surface area contributed by atoms with Crippen LogP contribution in [-0.2, 0) is 14.9 Å². The molecule has 38 heavy (non-hydrogen) atoms. The molecule has 1 aliphatic heterocycles. The highest BCUT2D eigenvalue weighted by atomic mass is 32.2. The summed E-state index contributed by atoms with van der Waals surface area (Å²) in [6.45, 7) is 2.10. The molecule has 7 nitrogen and oxygen atoms in total. The van der Waals surface area contributed by atoms with Crippen LogP contribution < -0.4 is 4.48 Å². The molecule has 0 aliphatic carbocycles. The van der Waals surface area contributed by atoms with Crippen LogP contribution in [0.4, 0.5) is 11.4 Å². The predicted octanol–water partition coefficient (Wildman–Crippen LogP) is 6.99. The minimum atomic E-state index is -4.39. The van der Waals surface area contributed by atoms with Gasteiger partial charge in [0.25, 0.3) is 10.1 Å². The van der Waals surface area contributed by atoms with E-state index >= 15 is 0 Å². The molecule has 0 radical (unpaired) electrons. The Balaban J connectivity index is 1.85. The predicted molar refractivity (Wildman–Crippen MR) is 153 cm³/mol. The first-order valence-corrected chi connectivity index (χ1v) is 14.4. The van der Waals surface area contributed by atoms with Crippen LogP contribution in [-0.4, -0.2) is 43.9 Å². The quantitative estimate of drug-likeness (QED) is 0.119. The second kappa shape index (κ2) is 11.2. The number of hydrogen-bond acceptors (Lipinski definition) is 4. The molecule has 0 fully saturated rings. The molecule has 0 amide bonds. The Bertz CT molecular complexity index is 1520. The fourth-order valence-electron chi connectivity index (χ4n) is 5.40. The number of fused-ring (bicyclic) bond motifs is 3. The summed E-state index contributed by atoms with van der Waals surface area (Å²) in [4.78, 5) is 15.8. The first-order chi connectivity index (χ1) is 18.0. The average molecular weight is 536 g/mol. The van der Waals surface area contributed by atoms with E-state index in [0.29, 0.717) is 22.7 Å². The van der Waals surface area contributed by atoms with Gasteiger partial charge in [0.1, 0.15) is 16.3 Å². The number of rotatable bonds is 11. The zero-order valence-electron chi connectivity index (χ0n) is 22.1. The van der Waals surface area contributed by atoms with E-state index in [2.05, 4.69) is 21.0 Å². The van der Waals surface area contributed by atoms with Gasteiger partial charge in [-0.2, -0.15) is 8.42 Å². The molecule has 0 atom stereocenters. The summed E-state index contributed by atoms with van der Waals surface area (Å²) in [7, 11) is -0.115. The maximum atomic E-state index is 12.2. The summed E-state index contributed by atoms with van der Waals surface area (Å²) in [6.07, 6.45) is 4.55. The number of quaternary nitrogens is 1. The van der Waals surface area contributed by atoms with Gasteiger partial charge in [-0.25, -0.2) is 0 Å². The smallest absolute Gasteiger partial charge is 0.303 e. The number of carboxylic acid groups (broad SMARTS) is 1. The third kappa shape index (κ3) is 5.72. The third-order valence-electron chi connectivity index (χ3n) is 7.34. The van der Waals surface area contributed by atoms with Gasteiger partial charge in [-0.3, -0.25) is 18.8 Å². The lowest BCUT2D eigenvalue weighted by Crippen LogP contribution is -2.38. The largest absolute Gasteiger partial charge is 0.481 e. The Morgan fingerprint density at radius 1 is 0.921 bits per heavy atom. The van der Waals surface area contributed by atoms with Crippen molar-refractivity contribution in [2.24, 2.45) is 4.99 Å². The molecule has 2 N–H and O–H groups in total. The van der Waals surface area contributed by atoms with Crippen molar-refractivity contribution in [2.45, 2.75) is 56.8 Å². The van der Waals surface area contributed by atoms with E-state index in [1.54, 1.807) is 12.1 Å². The number of carbonyl (C=O) groups is 1. The highest BCUT2D eigenvalue weighted by molar-refractivity contribution is 7.86. The van der Waals surface area contributed by atoms with Crippen LogP contribution in [0, 0.1) is 0 Å². The van der Waals surface area contributed by atoms with E-state index < -0.39 is 16.1 Å². The number of unbranched alkanes of at least 4 members (excludes halogenated alkanes) is 2. The van der Waals surface area contributed by atoms with Gasteiger partial charge in [-0.05, 0) is 55.3 Å². The number of carboxylic acids is 1. The summed E-state index contributed by atoms with van der Waals surface area (Å²) in [5.74, 6) is -0.789. The van der Waals surface area contributed by atoms with E-state index in [4.69, 9.17) is 10.1 Å².